The van der Waals surface area contributed by atoms with Gasteiger partial charge in [0.25, 0.3) is 0 Å². The first kappa shape index (κ1) is 10.2. The molecule has 0 spiro atoms. The lowest BCUT2D eigenvalue weighted by atomic mass is 10.2. The first-order chi connectivity index (χ1) is 5.20. The van der Waals surface area contributed by atoms with Crippen molar-refractivity contribution >= 4 is 0 Å². The zero-order chi connectivity index (χ0) is 8.69. The van der Waals surface area contributed by atoms with Crippen LogP contribution in [0.15, 0.2) is 36.2 Å². The predicted molar refractivity (Wildman–Crippen MR) is 48.1 cm³/mol. The number of hydrogen-bond acceptors (Lipinski definition) is 0. The minimum Gasteiger partial charge on any atom is -0.207 e. The minimum absolute atomic E-state index is 0.269. The zero-order valence-electron chi connectivity index (χ0n) is 7.23. The second kappa shape index (κ2) is 5.90. The lowest BCUT2D eigenvalue weighted by Crippen LogP contribution is -1.71. The molecule has 0 aliphatic rings. The Morgan fingerprint density at radius 3 is 2.64 bits per heavy atom. The van der Waals surface area contributed by atoms with E-state index in [1.807, 2.05) is 13.0 Å². The van der Waals surface area contributed by atoms with E-state index in [0.717, 1.165) is 18.4 Å². The molecule has 0 amide bonds. The van der Waals surface area contributed by atoms with E-state index in [1.54, 1.807) is 0 Å². The number of rotatable bonds is 4. The average Bonchev–Trinajstić information content (AvgIpc) is 2.00. The topological polar surface area (TPSA) is 0 Å². The van der Waals surface area contributed by atoms with E-state index < -0.39 is 0 Å². The van der Waals surface area contributed by atoms with Gasteiger partial charge in [-0.05, 0) is 25.5 Å². The summed E-state index contributed by atoms with van der Waals surface area (Å²) in [5, 5.41) is 0. The molecular weight excluding hydrogens is 139 g/mol. The molecule has 0 rings (SSSR count). The van der Waals surface area contributed by atoms with Crippen molar-refractivity contribution < 1.29 is 4.39 Å². The molecule has 0 bridgehead atoms. The van der Waals surface area contributed by atoms with Gasteiger partial charge in [0, 0.05) is 0 Å². The number of unbranched alkanes of at least 4 members (excludes halogenated alkanes) is 1. The van der Waals surface area contributed by atoms with Crippen LogP contribution in [0.4, 0.5) is 4.39 Å². The summed E-state index contributed by atoms with van der Waals surface area (Å²) >= 11 is 0. The van der Waals surface area contributed by atoms with Crippen LogP contribution in [0.5, 0.6) is 0 Å². The van der Waals surface area contributed by atoms with E-state index >= 15 is 0 Å². The van der Waals surface area contributed by atoms with Crippen LogP contribution in [0.25, 0.3) is 0 Å². The van der Waals surface area contributed by atoms with E-state index in [4.69, 9.17) is 0 Å². The summed E-state index contributed by atoms with van der Waals surface area (Å²) < 4.78 is 12.5. The van der Waals surface area contributed by atoms with Crippen LogP contribution in [0, 0.1) is 0 Å². The Balaban J connectivity index is 4.03. The van der Waals surface area contributed by atoms with Gasteiger partial charge in [-0.3, -0.25) is 0 Å². The molecule has 0 heterocycles. The lowest BCUT2D eigenvalue weighted by molar-refractivity contribution is 0.666. The summed E-state index contributed by atoms with van der Waals surface area (Å²) in [4.78, 5) is 0. The highest BCUT2D eigenvalue weighted by Crippen LogP contribution is 2.05. The number of allylic oxidation sites excluding steroid dienone is 5. The molecule has 0 saturated carbocycles. The summed E-state index contributed by atoms with van der Waals surface area (Å²) in [7, 11) is 0. The Morgan fingerprint density at radius 2 is 2.18 bits per heavy atom. The van der Waals surface area contributed by atoms with Gasteiger partial charge in [-0.2, -0.15) is 0 Å². The van der Waals surface area contributed by atoms with E-state index in [2.05, 4.69) is 13.5 Å². The molecule has 0 aromatic carbocycles. The molecule has 0 unspecified atom stereocenters. The van der Waals surface area contributed by atoms with Crippen LogP contribution in [-0.2, 0) is 0 Å². The maximum absolute atomic E-state index is 12.5. The van der Waals surface area contributed by atoms with Gasteiger partial charge in [-0.25, -0.2) is 4.39 Å². The molecule has 0 aliphatic carbocycles. The highest BCUT2D eigenvalue weighted by molar-refractivity contribution is 5.23. The average molecular weight is 154 g/mol. The smallest absolute Gasteiger partial charge is 0.122 e. The molecule has 0 fully saturated rings. The Morgan fingerprint density at radius 1 is 1.55 bits per heavy atom. The molecule has 1 heteroatoms. The standard InChI is InChI=1S/C10H15F/c1-4-6-7-9(3)8-10(11)5-2/h5,7-8H,2,4,6H2,1,3H3/b9-7-,10-8+. The lowest BCUT2D eigenvalue weighted by Gasteiger charge is -1.91. The SMILES string of the molecule is C=C/C(F)=C\C(C)=C/CCC. The molecule has 0 aromatic heterocycles. The summed E-state index contributed by atoms with van der Waals surface area (Å²) in [6, 6.07) is 0. The summed E-state index contributed by atoms with van der Waals surface area (Å²) in [6.45, 7) is 7.31. The largest absolute Gasteiger partial charge is 0.207 e. The Kier molecular flexibility index (Phi) is 5.44. The summed E-state index contributed by atoms with van der Waals surface area (Å²) in [5.41, 5.74) is 0.962. The van der Waals surface area contributed by atoms with Gasteiger partial charge >= 0.3 is 0 Å². The minimum atomic E-state index is -0.269. The maximum atomic E-state index is 12.5. The summed E-state index contributed by atoms with van der Waals surface area (Å²) in [6.07, 6.45) is 6.82. The fourth-order valence-electron chi connectivity index (χ4n) is 0.707. The van der Waals surface area contributed by atoms with Gasteiger partial charge in [-0.15, -0.1) is 0 Å². The Labute approximate surface area is 68.1 Å². The second-order valence-electron chi connectivity index (χ2n) is 2.47. The molecule has 62 valence electrons. The van der Waals surface area contributed by atoms with Gasteiger partial charge < -0.3 is 0 Å². The maximum Gasteiger partial charge on any atom is 0.122 e. The van der Waals surface area contributed by atoms with E-state index in [0.29, 0.717) is 0 Å². The Bertz CT molecular complexity index is 175. The number of hydrogen-bond donors (Lipinski definition) is 0. The van der Waals surface area contributed by atoms with E-state index in [-0.39, 0.29) is 5.83 Å². The van der Waals surface area contributed by atoms with Crippen molar-refractivity contribution in [1.29, 1.82) is 0 Å². The highest BCUT2D eigenvalue weighted by atomic mass is 19.1. The van der Waals surface area contributed by atoms with E-state index in [1.165, 1.54) is 12.2 Å². The monoisotopic (exact) mass is 154 g/mol. The summed E-state index contributed by atoms with van der Waals surface area (Å²) in [5.74, 6) is -0.269. The third kappa shape index (κ3) is 5.59. The van der Waals surface area contributed by atoms with Crippen molar-refractivity contribution in [1.82, 2.24) is 0 Å². The zero-order valence-corrected chi connectivity index (χ0v) is 7.23. The number of halogens is 1. The van der Waals surface area contributed by atoms with Crippen molar-refractivity contribution in [2.45, 2.75) is 26.7 Å². The highest BCUT2D eigenvalue weighted by Gasteiger charge is 1.86. The third-order valence-corrected chi connectivity index (χ3v) is 1.32. The van der Waals surface area contributed by atoms with Crippen molar-refractivity contribution in [2.24, 2.45) is 0 Å². The quantitative estimate of drug-likeness (QED) is 0.541. The van der Waals surface area contributed by atoms with Gasteiger partial charge in [0.15, 0.2) is 0 Å². The van der Waals surface area contributed by atoms with Gasteiger partial charge in [0.1, 0.15) is 5.83 Å². The van der Waals surface area contributed by atoms with Crippen molar-refractivity contribution in [3.63, 3.8) is 0 Å². The van der Waals surface area contributed by atoms with Crippen molar-refractivity contribution in [3.8, 4) is 0 Å². The molecule has 0 nitrogen and oxygen atoms in total. The molecule has 0 radical (unpaired) electrons. The van der Waals surface area contributed by atoms with Gasteiger partial charge in [0.05, 0.1) is 0 Å². The Hall–Kier alpha value is -0.850. The molecular formula is C10H15F. The van der Waals surface area contributed by atoms with Crippen LogP contribution < -0.4 is 0 Å². The molecule has 0 aliphatic heterocycles. The van der Waals surface area contributed by atoms with Crippen LogP contribution in [0.3, 0.4) is 0 Å². The van der Waals surface area contributed by atoms with Crippen molar-refractivity contribution in [3.05, 3.63) is 36.2 Å². The fraction of sp³-hybridized carbons (Fsp3) is 0.400. The van der Waals surface area contributed by atoms with Crippen LogP contribution >= 0.6 is 0 Å². The molecule has 11 heavy (non-hydrogen) atoms. The van der Waals surface area contributed by atoms with E-state index in [9.17, 15) is 4.39 Å². The first-order valence-electron chi connectivity index (χ1n) is 3.87. The molecule has 0 atom stereocenters. The van der Waals surface area contributed by atoms with Crippen LogP contribution in [0.2, 0.25) is 0 Å². The van der Waals surface area contributed by atoms with Crippen molar-refractivity contribution in [2.75, 3.05) is 0 Å². The van der Waals surface area contributed by atoms with Crippen LogP contribution in [-0.4, -0.2) is 0 Å². The normalized spacial score (nSPS) is 13.4. The van der Waals surface area contributed by atoms with Crippen LogP contribution in [0.1, 0.15) is 26.7 Å². The molecule has 0 aromatic rings. The first-order valence-corrected chi connectivity index (χ1v) is 3.87. The predicted octanol–water partition coefficient (Wildman–Crippen LogP) is 3.77. The second-order valence-corrected chi connectivity index (χ2v) is 2.47. The fourth-order valence-corrected chi connectivity index (χ4v) is 0.707. The third-order valence-electron chi connectivity index (χ3n) is 1.32. The molecule has 0 saturated heterocycles. The van der Waals surface area contributed by atoms with Gasteiger partial charge in [0.2, 0.25) is 0 Å². The molecule has 0 N–H and O–H groups in total. The van der Waals surface area contributed by atoms with Gasteiger partial charge in [-0.1, -0.05) is 31.6 Å².